The Hall–Kier alpha value is -1.20. The summed E-state index contributed by atoms with van der Waals surface area (Å²) in [5, 5.41) is 4.63. The van der Waals surface area contributed by atoms with Gasteiger partial charge >= 0.3 is 0 Å². The Labute approximate surface area is 114 Å². The van der Waals surface area contributed by atoms with E-state index in [9.17, 15) is 0 Å². The summed E-state index contributed by atoms with van der Waals surface area (Å²) in [6.45, 7) is 3.55. The van der Waals surface area contributed by atoms with Crippen LogP contribution in [0.1, 0.15) is 18.2 Å². The number of rotatable bonds is 2. The predicted molar refractivity (Wildman–Crippen MR) is 72.4 cm³/mol. The number of nitrogens with zero attached hydrogens (tertiary/aromatic N) is 3. The van der Waals surface area contributed by atoms with Crippen molar-refractivity contribution in [2.24, 2.45) is 0 Å². The summed E-state index contributed by atoms with van der Waals surface area (Å²) in [6.07, 6.45) is 3.04. The van der Waals surface area contributed by atoms with Crippen molar-refractivity contribution in [3.63, 3.8) is 0 Å². The van der Waals surface area contributed by atoms with Crippen LogP contribution in [0.2, 0.25) is 0 Å². The van der Waals surface area contributed by atoms with Gasteiger partial charge in [0.25, 0.3) is 0 Å². The summed E-state index contributed by atoms with van der Waals surface area (Å²) in [7, 11) is 0. The molecule has 0 saturated carbocycles. The van der Waals surface area contributed by atoms with Crippen LogP contribution in [0, 0.1) is 6.92 Å². The molecule has 2 aromatic heterocycles. The van der Waals surface area contributed by atoms with E-state index in [0.717, 1.165) is 41.2 Å². The number of hydrogen-bond acceptors (Lipinski definition) is 3. The predicted octanol–water partition coefficient (Wildman–Crippen LogP) is 2.98. The van der Waals surface area contributed by atoms with Crippen LogP contribution in [0.3, 0.4) is 0 Å². The fourth-order valence-corrected chi connectivity index (χ4v) is 2.63. The topological polar surface area (TPSA) is 39.9 Å². The van der Waals surface area contributed by atoms with Gasteiger partial charge in [-0.05, 0) is 41.4 Å². The highest BCUT2D eigenvalue weighted by molar-refractivity contribution is 9.10. The average molecular weight is 308 g/mol. The molecule has 1 aliphatic heterocycles. The second-order valence-corrected chi connectivity index (χ2v) is 5.34. The highest BCUT2D eigenvalue weighted by Crippen LogP contribution is 2.28. The zero-order chi connectivity index (χ0) is 12.5. The third-order valence-corrected chi connectivity index (χ3v) is 3.68. The summed E-state index contributed by atoms with van der Waals surface area (Å²) >= 11 is 3.56. The Morgan fingerprint density at radius 2 is 2.33 bits per heavy atom. The second-order valence-electron chi connectivity index (χ2n) is 4.49. The summed E-state index contributed by atoms with van der Waals surface area (Å²) in [5.74, 6) is 0. The molecule has 2 aromatic rings. The second kappa shape index (κ2) is 4.82. The van der Waals surface area contributed by atoms with E-state index in [1.807, 2.05) is 36.0 Å². The molecule has 1 fully saturated rings. The molecule has 4 nitrogen and oxygen atoms in total. The zero-order valence-corrected chi connectivity index (χ0v) is 11.7. The van der Waals surface area contributed by atoms with Gasteiger partial charge < -0.3 is 4.74 Å². The molecule has 1 aliphatic rings. The van der Waals surface area contributed by atoms with E-state index in [1.165, 1.54) is 0 Å². The van der Waals surface area contributed by atoms with Gasteiger partial charge in [0, 0.05) is 18.5 Å². The summed E-state index contributed by atoms with van der Waals surface area (Å²) < 4.78 is 8.36. The molecule has 94 valence electrons. The maximum Gasteiger partial charge on any atom is 0.125 e. The molecule has 18 heavy (non-hydrogen) atoms. The molecule has 3 rings (SSSR count). The van der Waals surface area contributed by atoms with Crippen LogP contribution in [0.4, 0.5) is 0 Å². The highest BCUT2D eigenvalue weighted by Gasteiger charge is 2.20. The molecule has 0 bridgehead atoms. The number of aryl methyl sites for hydroxylation is 1. The molecule has 5 heteroatoms. The van der Waals surface area contributed by atoms with Gasteiger partial charge in [0.1, 0.15) is 5.69 Å². The SMILES string of the molecule is Cc1cccc(-c2nn([C@H]3CCOC3)cc2Br)n1. The number of pyridine rings is 1. The number of aromatic nitrogens is 3. The fourth-order valence-electron chi connectivity index (χ4n) is 2.14. The van der Waals surface area contributed by atoms with Crippen molar-refractivity contribution >= 4 is 15.9 Å². The standard InChI is InChI=1S/C13H14BrN3O/c1-9-3-2-4-12(15-9)13-11(14)7-17(16-13)10-5-6-18-8-10/h2-4,7,10H,5-6,8H2,1H3/t10-/m0/s1. The maximum absolute atomic E-state index is 5.39. The van der Waals surface area contributed by atoms with Gasteiger partial charge in [0.05, 0.1) is 22.8 Å². The quantitative estimate of drug-likeness (QED) is 0.856. The van der Waals surface area contributed by atoms with Gasteiger partial charge in [-0.2, -0.15) is 5.10 Å². The molecule has 1 atom stereocenters. The molecule has 0 radical (unpaired) electrons. The average Bonchev–Trinajstić information content (AvgIpc) is 2.97. The van der Waals surface area contributed by atoms with Crippen molar-refractivity contribution in [1.82, 2.24) is 14.8 Å². The van der Waals surface area contributed by atoms with Crippen molar-refractivity contribution in [1.29, 1.82) is 0 Å². The van der Waals surface area contributed by atoms with E-state index in [1.54, 1.807) is 0 Å². The van der Waals surface area contributed by atoms with Crippen LogP contribution < -0.4 is 0 Å². The molecular formula is C13H14BrN3O. The van der Waals surface area contributed by atoms with Gasteiger partial charge in [-0.1, -0.05) is 6.07 Å². The molecule has 3 heterocycles. The van der Waals surface area contributed by atoms with Crippen molar-refractivity contribution in [2.75, 3.05) is 13.2 Å². The molecule has 0 aliphatic carbocycles. The lowest BCUT2D eigenvalue weighted by Gasteiger charge is -2.06. The normalized spacial score (nSPS) is 19.3. The van der Waals surface area contributed by atoms with Crippen molar-refractivity contribution in [3.05, 3.63) is 34.6 Å². The fraction of sp³-hybridized carbons (Fsp3) is 0.385. The van der Waals surface area contributed by atoms with Crippen LogP contribution in [0.25, 0.3) is 11.4 Å². The maximum atomic E-state index is 5.39. The molecule has 0 aromatic carbocycles. The van der Waals surface area contributed by atoms with E-state index in [2.05, 4.69) is 26.0 Å². The summed E-state index contributed by atoms with van der Waals surface area (Å²) in [5.41, 5.74) is 2.79. The third-order valence-electron chi connectivity index (χ3n) is 3.10. The molecule has 0 amide bonds. The van der Waals surface area contributed by atoms with E-state index in [-0.39, 0.29) is 0 Å². The third kappa shape index (κ3) is 2.20. The van der Waals surface area contributed by atoms with Crippen LogP contribution >= 0.6 is 15.9 Å². The number of hydrogen-bond donors (Lipinski definition) is 0. The zero-order valence-electron chi connectivity index (χ0n) is 10.1. The highest BCUT2D eigenvalue weighted by atomic mass is 79.9. The Kier molecular flexibility index (Phi) is 3.18. The van der Waals surface area contributed by atoms with Crippen LogP contribution in [0.15, 0.2) is 28.9 Å². The summed E-state index contributed by atoms with van der Waals surface area (Å²) in [4.78, 5) is 4.51. The first-order valence-electron chi connectivity index (χ1n) is 6.00. The van der Waals surface area contributed by atoms with E-state index < -0.39 is 0 Å². The van der Waals surface area contributed by atoms with Gasteiger partial charge in [0.15, 0.2) is 0 Å². The van der Waals surface area contributed by atoms with Crippen LogP contribution in [-0.4, -0.2) is 28.0 Å². The number of halogens is 1. The van der Waals surface area contributed by atoms with Gasteiger partial charge in [0.2, 0.25) is 0 Å². The van der Waals surface area contributed by atoms with Gasteiger partial charge in [-0.25, -0.2) is 0 Å². The Balaban J connectivity index is 1.97. The van der Waals surface area contributed by atoms with Crippen LogP contribution in [-0.2, 0) is 4.74 Å². The first-order chi connectivity index (χ1) is 8.74. The lowest BCUT2D eigenvalue weighted by Crippen LogP contribution is -2.09. The first kappa shape index (κ1) is 11.9. The molecule has 0 unspecified atom stereocenters. The van der Waals surface area contributed by atoms with Crippen molar-refractivity contribution in [2.45, 2.75) is 19.4 Å². The number of ether oxygens (including phenoxy) is 1. The smallest absolute Gasteiger partial charge is 0.125 e. The lowest BCUT2D eigenvalue weighted by atomic mass is 10.2. The minimum atomic E-state index is 0.347. The Morgan fingerprint density at radius 3 is 3.06 bits per heavy atom. The minimum Gasteiger partial charge on any atom is -0.379 e. The minimum absolute atomic E-state index is 0.347. The van der Waals surface area contributed by atoms with E-state index >= 15 is 0 Å². The van der Waals surface area contributed by atoms with Gasteiger partial charge in [-0.3, -0.25) is 9.67 Å². The lowest BCUT2D eigenvalue weighted by molar-refractivity contribution is 0.184. The largest absolute Gasteiger partial charge is 0.379 e. The molecule has 1 saturated heterocycles. The summed E-state index contributed by atoms with van der Waals surface area (Å²) in [6, 6.07) is 6.32. The Bertz CT molecular complexity index is 561. The molecular weight excluding hydrogens is 294 g/mol. The van der Waals surface area contributed by atoms with E-state index in [4.69, 9.17) is 4.74 Å². The van der Waals surface area contributed by atoms with Crippen molar-refractivity contribution < 1.29 is 4.74 Å². The Morgan fingerprint density at radius 1 is 1.44 bits per heavy atom. The first-order valence-corrected chi connectivity index (χ1v) is 6.80. The molecule has 0 N–H and O–H groups in total. The molecule has 0 spiro atoms. The van der Waals surface area contributed by atoms with Gasteiger partial charge in [-0.15, -0.1) is 0 Å². The monoisotopic (exact) mass is 307 g/mol. The van der Waals surface area contributed by atoms with Crippen LogP contribution in [0.5, 0.6) is 0 Å². The van der Waals surface area contributed by atoms with Crippen molar-refractivity contribution in [3.8, 4) is 11.4 Å². The van der Waals surface area contributed by atoms with E-state index in [0.29, 0.717) is 6.04 Å².